The number of ether oxygens (including phenoxy) is 1. The Kier molecular flexibility index (Phi) is 11.2. The lowest BCUT2D eigenvalue weighted by atomic mass is 9.93. The van der Waals surface area contributed by atoms with Crippen molar-refractivity contribution in [1.29, 1.82) is 0 Å². The minimum atomic E-state index is -1.18. The number of carbonyl (C=O) groups excluding carboxylic acids is 5. The number of aliphatic hydroxyl groups is 1. The van der Waals surface area contributed by atoms with Gasteiger partial charge in [-0.1, -0.05) is 32.0 Å². The lowest BCUT2D eigenvalue weighted by Crippen LogP contribution is -2.60. The Balaban J connectivity index is 1.25. The van der Waals surface area contributed by atoms with Crippen molar-refractivity contribution in [2.45, 2.75) is 108 Å². The number of amides is 5. The molecule has 2 bridgehead atoms. The van der Waals surface area contributed by atoms with Gasteiger partial charge in [0.25, 0.3) is 5.91 Å². The summed E-state index contributed by atoms with van der Waals surface area (Å²) in [6, 6.07) is 4.23. The van der Waals surface area contributed by atoms with E-state index in [1.807, 2.05) is 49.7 Å². The summed E-state index contributed by atoms with van der Waals surface area (Å²) in [5.41, 5.74) is 3.87. The second kappa shape index (κ2) is 16.0. The highest BCUT2D eigenvalue weighted by Crippen LogP contribution is 2.31. The SMILES string of the molecule is CC(C)C[C@H]1NC(=O)[C@H]2CCCN2C(=O)[C@@H](Cc2c[nH]c3ccccc23)NC(=O)CN(C(=O)c2scc3c2CCCC3)C[C@H]2OCC[C@H](NC1=O)[C@@H]2O. The van der Waals surface area contributed by atoms with E-state index in [0.717, 1.165) is 53.3 Å². The number of aliphatic hydroxyl groups excluding tert-OH is 1. The highest BCUT2D eigenvalue weighted by atomic mass is 32.1. The van der Waals surface area contributed by atoms with Gasteiger partial charge in [0, 0.05) is 36.7 Å². The third kappa shape index (κ3) is 8.00. The minimum Gasteiger partial charge on any atom is -0.388 e. The number of benzene rings is 1. The van der Waals surface area contributed by atoms with E-state index in [-0.39, 0.29) is 37.9 Å². The molecule has 13 nitrogen and oxygen atoms in total. The lowest BCUT2D eigenvalue weighted by Gasteiger charge is -2.38. The van der Waals surface area contributed by atoms with E-state index in [1.54, 1.807) is 0 Å². The maximum atomic E-state index is 14.5. The molecule has 2 aromatic heterocycles. The number of fused-ring (bicyclic) bond motifs is 5. The Morgan fingerprint density at radius 3 is 2.64 bits per heavy atom. The zero-order valence-electron chi connectivity index (χ0n) is 30.4. The Hall–Kier alpha value is -4.27. The van der Waals surface area contributed by atoms with Gasteiger partial charge in [-0.15, -0.1) is 11.3 Å². The van der Waals surface area contributed by atoms with Gasteiger partial charge in [0.1, 0.15) is 30.3 Å². The monoisotopic (exact) mass is 746 g/mol. The van der Waals surface area contributed by atoms with E-state index in [9.17, 15) is 29.1 Å². The minimum absolute atomic E-state index is 0.0622. The molecule has 53 heavy (non-hydrogen) atoms. The summed E-state index contributed by atoms with van der Waals surface area (Å²) in [7, 11) is 0. The van der Waals surface area contributed by atoms with Crippen LogP contribution in [-0.2, 0) is 43.2 Å². The number of hydrogen-bond donors (Lipinski definition) is 5. The molecule has 5 heterocycles. The number of carbonyl (C=O) groups is 5. The molecular weight excluding hydrogens is 697 g/mol. The van der Waals surface area contributed by atoms with Crippen molar-refractivity contribution in [1.82, 2.24) is 30.7 Å². The van der Waals surface area contributed by atoms with Gasteiger partial charge in [0.15, 0.2) is 0 Å². The molecule has 4 aliphatic rings. The van der Waals surface area contributed by atoms with Gasteiger partial charge < -0.3 is 40.6 Å². The number of nitrogens with one attached hydrogen (secondary N) is 4. The summed E-state index contributed by atoms with van der Waals surface area (Å²) in [5, 5.41) is 23.4. The number of H-pyrrole nitrogens is 1. The molecule has 0 unspecified atom stereocenters. The molecule has 0 spiro atoms. The van der Waals surface area contributed by atoms with Crippen LogP contribution in [0.15, 0.2) is 35.8 Å². The van der Waals surface area contributed by atoms with E-state index < -0.39 is 60.0 Å². The fourth-order valence-electron chi connectivity index (χ4n) is 8.36. The molecule has 0 saturated carbocycles. The fraction of sp³-hybridized carbons (Fsp3) is 0.564. The van der Waals surface area contributed by atoms with E-state index >= 15 is 0 Å². The Morgan fingerprint density at radius 2 is 1.81 bits per heavy atom. The van der Waals surface area contributed by atoms with Crippen molar-refractivity contribution in [3.8, 4) is 0 Å². The Bertz CT molecular complexity index is 1860. The summed E-state index contributed by atoms with van der Waals surface area (Å²) in [4.78, 5) is 77.5. The molecule has 7 rings (SSSR count). The number of hydrogen-bond acceptors (Lipinski definition) is 8. The number of para-hydroxylation sites is 1. The van der Waals surface area contributed by atoms with Gasteiger partial charge in [0.2, 0.25) is 23.6 Å². The maximum absolute atomic E-state index is 14.5. The third-order valence-corrected chi connectivity index (χ3v) is 12.2. The topological polar surface area (TPSA) is 173 Å². The molecule has 284 valence electrons. The quantitative estimate of drug-likeness (QED) is 0.267. The number of aryl methyl sites for hydroxylation is 1. The van der Waals surface area contributed by atoms with Crippen LogP contribution in [-0.4, -0.2) is 112 Å². The Labute approximate surface area is 313 Å². The van der Waals surface area contributed by atoms with Crippen LogP contribution in [0.3, 0.4) is 0 Å². The van der Waals surface area contributed by atoms with Crippen LogP contribution in [0.2, 0.25) is 0 Å². The number of nitrogens with zero attached hydrogens (tertiary/aromatic N) is 2. The average Bonchev–Trinajstić information content (AvgIpc) is 3.90. The van der Waals surface area contributed by atoms with Gasteiger partial charge in [0.05, 0.1) is 24.0 Å². The standard InChI is InChI=1S/C39H50N6O7S/c1-22(2)16-29-36(48)42-28-13-15-52-32(34(28)47)19-44(39(51)35-26-10-4-3-8-23(26)21-53-35)20-33(46)41-30(17-24-18-40-27-11-6-5-9-25(24)27)38(50)45-14-7-12-31(45)37(49)43-29/h5-6,9,11,18,21-22,28-32,34,40,47H,3-4,7-8,10,12-17,19-20H2,1-2H3,(H,41,46)(H,42,48)(H,43,49)/t28-,29+,30+,31+,32+,34-/m0/s1. The molecule has 1 aliphatic carbocycles. The molecule has 3 fully saturated rings. The van der Waals surface area contributed by atoms with Crippen LogP contribution in [0.25, 0.3) is 10.9 Å². The van der Waals surface area contributed by atoms with E-state index in [4.69, 9.17) is 4.74 Å². The first-order valence-corrected chi connectivity index (χ1v) is 19.9. The highest BCUT2D eigenvalue weighted by molar-refractivity contribution is 7.12. The largest absolute Gasteiger partial charge is 0.388 e. The zero-order valence-corrected chi connectivity index (χ0v) is 31.2. The predicted molar refractivity (Wildman–Crippen MR) is 199 cm³/mol. The summed E-state index contributed by atoms with van der Waals surface area (Å²) >= 11 is 1.37. The van der Waals surface area contributed by atoms with Crippen molar-refractivity contribution in [2.75, 3.05) is 26.2 Å². The van der Waals surface area contributed by atoms with E-state index in [2.05, 4.69) is 20.9 Å². The summed E-state index contributed by atoms with van der Waals surface area (Å²) in [6.07, 6.45) is 5.28. The second-order valence-corrected chi connectivity index (χ2v) is 16.2. The molecule has 3 aliphatic heterocycles. The number of rotatable bonds is 5. The predicted octanol–water partition coefficient (Wildman–Crippen LogP) is 2.45. The molecule has 3 saturated heterocycles. The number of aromatic nitrogens is 1. The second-order valence-electron chi connectivity index (χ2n) is 15.3. The van der Waals surface area contributed by atoms with Crippen LogP contribution in [0, 0.1) is 5.92 Å². The highest BCUT2D eigenvalue weighted by Gasteiger charge is 2.42. The van der Waals surface area contributed by atoms with Gasteiger partial charge in [-0.3, -0.25) is 24.0 Å². The van der Waals surface area contributed by atoms with Crippen LogP contribution >= 0.6 is 11.3 Å². The van der Waals surface area contributed by atoms with Crippen molar-refractivity contribution >= 4 is 51.8 Å². The molecule has 6 atom stereocenters. The summed E-state index contributed by atoms with van der Waals surface area (Å²) in [6.45, 7) is 3.97. The maximum Gasteiger partial charge on any atom is 0.264 e. The average molecular weight is 747 g/mol. The van der Waals surface area contributed by atoms with Gasteiger partial charge >= 0.3 is 0 Å². The molecule has 14 heteroatoms. The third-order valence-electron chi connectivity index (χ3n) is 11.1. The molecule has 5 amide bonds. The molecular formula is C39H50N6O7S. The van der Waals surface area contributed by atoms with Gasteiger partial charge in [-0.05, 0) is 85.4 Å². The Morgan fingerprint density at radius 1 is 1.00 bits per heavy atom. The van der Waals surface area contributed by atoms with Crippen molar-refractivity contribution in [3.05, 3.63) is 57.4 Å². The first-order chi connectivity index (χ1) is 25.6. The fourth-order valence-corrected chi connectivity index (χ4v) is 9.49. The molecule has 0 radical (unpaired) electrons. The van der Waals surface area contributed by atoms with Crippen LogP contribution in [0.1, 0.15) is 78.7 Å². The van der Waals surface area contributed by atoms with Crippen molar-refractivity contribution in [2.24, 2.45) is 5.92 Å². The van der Waals surface area contributed by atoms with E-state index in [1.165, 1.54) is 21.1 Å². The summed E-state index contributed by atoms with van der Waals surface area (Å²) < 4.78 is 6.02. The molecule has 5 N–H and O–H groups in total. The normalized spacial score (nSPS) is 27.5. The first kappa shape index (κ1) is 37.1. The zero-order chi connectivity index (χ0) is 37.2. The smallest absolute Gasteiger partial charge is 0.264 e. The van der Waals surface area contributed by atoms with Crippen molar-refractivity contribution in [3.63, 3.8) is 0 Å². The first-order valence-electron chi connectivity index (χ1n) is 19.0. The van der Waals surface area contributed by atoms with Crippen LogP contribution < -0.4 is 16.0 Å². The number of aromatic amines is 1. The van der Waals surface area contributed by atoms with Crippen LogP contribution in [0.4, 0.5) is 0 Å². The summed E-state index contributed by atoms with van der Waals surface area (Å²) in [5.74, 6) is -2.08. The van der Waals surface area contributed by atoms with Gasteiger partial charge in [-0.2, -0.15) is 0 Å². The van der Waals surface area contributed by atoms with Gasteiger partial charge in [-0.25, -0.2) is 0 Å². The van der Waals surface area contributed by atoms with E-state index in [0.29, 0.717) is 37.1 Å². The number of thiophene rings is 1. The van der Waals surface area contributed by atoms with Crippen LogP contribution in [0.5, 0.6) is 0 Å². The molecule has 1 aromatic carbocycles. The molecule has 3 aromatic rings. The van der Waals surface area contributed by atoms with Crippen molar-refractivity contribution < 1.29 is 33.8 Å². The lowest BCUT2D eigenvalue weighted by molar-refractivity contribution is -0.142.